The third-order valence-electron chi connectivity index (χ3n) is 3.97. The Balaban J connectivity index is 1.46. The van der Waals surface area contributed by atoms with Gasteiger partial charge in [0.25, 0.3) is 0 Å². The van der Waals surface area contributed by atoms with Crippen molar-refractivity contribution in [3.05, 3.63) is 59.2 Å². The number of halogens is 1. The average molecular weight is 446 g/mol. The zero-order chi connectivity index (χ0) is 19.2. The highest BCUT2D eigenvalue weighted by Crippen LogP contribution is 2.21. The molecule has 140 valence electrons. The first-order chi connectivity index (χ1) is 13.0. The van der Waals surface area contributed by atoms with E-state index in [0.29, 0.717) is 0 Å². The molecule has 2 aromatic carbocycles. The number of anilines is 2. The van der Waals surface area contributed by atoms with Gasteiger partial charge in [-0.15, -0.1) is 11.8 Å². The smallest absolute Gasteiger partial charge is 0.234 e. The van der Waals surface area contributed by atoms with Gasteiger partial charge in [0.1, 0.15) is 0 Å². The normalized spacial score (nSPS) is 10.7. The fraction of sp³-hybridized carbons (Fsp3) is 0.200. The van der Waals surface area contributed by atoms with E-state index in [-0.39, 0.29) is 23.3 Å². The number of nitrogens with zero attached hydrogens (tertiary/aromatic N) is 1. The van der Waals surface area contributed by atoms with Crippen molar-refractivity contribution in [2.45, 2.75) is 13.5 Å². The number of benzene rings is 2. The van der Waals surface area contributed by atoms with Gasteiger partial charge in [0.15, 0.2) is 0 Å². The Kier molecular flexibility index (Phi) is 6.58. The SMILES string of the molecule is CCn1ccc2cc(NC(=O)CSCC(=O)Nc3cccc(Br)c3)ccc21. The van der Waals surface area contributed by atoms with Gasteiger partial charge in [-0.25, -0.2) is 0 Å². The number of hydrogen-bond donors (Lipinski definition) is 2. The molecule has 5 nitrogen and oxygen atoms in total. The number of hydrogen-bond acceptors (Lipinski definition) is 3. The first kappa shape index (κ1) is 19.5. The van der Waals surface area contributed by atoms with Crippen LogP contribution in [0, 0.1) is 0 Å². The van der Waals surface area contributed by atoms with Crippen LogP contribution in [0.25, 0.3) is 10.9 Å². The minimum atomic E-state index is -0.131. The van der Waals surface area contributed by atoms with Gasteiger partial charge in [-0.3, -0.25) is 9.59 Å². The van der Waals surface area contributed by atoms with Crippen molar-refractivity contribution in [2.24, 2.45) is 0 Å². The summed E-state index contributed by atoms with van der Waals surface area (Å²) in [5.41, 5.74) is 2.64. The molecule has 1 aromatic heterocycles. The summed E-state index contributed by atoms with van der Waals surface area (Å²) in [5.74, 6) is 0.191. The van der Waals surface area contributed by atoms with E-state index in [1.807, 2.05) is 54.7 Å². The molecule has 0 aliphatic rings. The molecule has 0 fully saturated rings. The van der Waals surface area contributed by atoms with Crippen molar-refractivity contribution in [3.8, 4) is 0 Å². The Labute approximate surface area is 170 Å². The molecule has 3 rings (SSSR count). The third-order valence-corrected chi connectivity index (χ3v) is 5.40. The maximum absolute atomic E-state index is 12.1. The first-order valence-electron chi connectivity index (χ1n) is 8.57. The molecule has 0 aliphatic carbocycles. The lowest BCUT2D eigenvalue weighted by molar-refractivity contribution is -0.114. The Bertz CT molecular complexity index is 971. The van der Waals surface area contributed by atoms with Gasteiger partial charge in [-0.1, -0.05) is 22.0 Å². The monoisotopic (exact) mass is 445 g/mol. The van der Waals surface area contributed by atoms with Crippen LogP contribution in [-0.2, 0) is 16.1 Å². The maximum Gasteiger partial charge on any atom is 0.234 e. The molecule has 7 heteroatoms. The number of thioether (sulfide) groups is 1. The van der Waals surface area contributed by atoms with Crippen molar-refractivity contribution in [1.29, 1.82) is 0 Å². The van der Waals surface area contributed by atoms with E-state index in [9.17, 15) is 9.59 Å². The van der Waals surface area contributed by atoms with Crippen molar-refractivity contribution in [2.75, 3.05) is 22.1 Å². The van der Waals surface area contributed by atoms with Crippen LogP contribution in [-0.4, -0.2) is 27.9 Å². The predicted molar refractivity (Wildman–Crippen MR) is 116 cm³/mol. The quantitative estimate of drug-likeness (QED) is 0.552. The van der Waals surface area contributed by atoms with Gasteiger partial charge < -0.3 is 15.2 Å². The molecule has 0 atom stereocenters. The van der Waals surface area contributed by atoms with Crippen molar-refractivity contribution in [3.63, 3.8) is 0 Å². The van der Waals surface area contributed by atoms with Gasteiger partial charge in [0.2, 0.25) is 11.8 Å². The van der Waals surface area contributed by atoms with Crippen LogP contribution >= 0.6 is 27.7 Å². The van der Waals surface area contributed by atoms with Crippen LogP contribution in [0.4, 0.5) is 11.4 Å². The minimum absolute atomic E-state index is 0.121. The highest BCUT2D eigenvalue weighted by Gasteiger charge is 2.08. The summed E-state index contributed by atoms with van der Waals surface area (Å²) in [5, 5.41) is 6.79. The molecule has 27 heavy (non-hydrogen) atoms. The van der Waals surface area contributed by atoms with Gasteiger partial charge in [-0.05, 0) is 49.4 Å². The number of carbonyl (C=O) groups excluding carboxylic acids is 2. The molecule has 0 unspecified atom stereocenters. The van der Waals surface area contributed by atoms with Crippen molar-refractivity contribution in [1.82, 2.24) is 4.57 Å². The number of nitrogens with one attached hydrogen (secondary N) is 2. The minimum Gasteiger partial charge on any atom is -0.348 e. The number of fused-ring (bicyclic) bond motifs is 1. The lowest BCUT2D eigenvalue weighted by Crippen LogP contribution is -2.18. The fourth-order valence-electron chi connectivity index (χ4n) is 2.75. The van der Waals surface area contributed by atoms with E-state index in [4.69, 9.17) is 0 Å². The van der Waals surface area contributed by atoms with E-state index in [2.05, 4.69) is 38.1 Å². The molecule has 2 N–H and O–H groups in total. The molecule has 0 aliphatic heterocycles. The number of amides is 2. The number of aryl methyl sites for hydroxylation is 1. The Morgan fingerprint density at radius 1 is 1.00 bits per heavy atom. The van der Waals surface area contributed by atoms with Crippen LogP contribution < -0.4 is 10.6 Å². The van der Waals surface area contributed by atoms with Crippen molar-refractivity contribution < 1.29 is 9.59 Å². The summed E-state index contributed by atoms with van der Waals surface area (Å²) >= 11 is 4.65. The van der Waals surface area contributed by atoms with Crippen LogP contribution in [0.3, 0.4) is 0 Å². The second-order valence-electron chi connectivity index (χ2n) is 5.97. The number of aromatic nitrogens is 1. The summed E-state index contributed by atoms with van der Waals surface area (Å²) in [6.45, 7) is 3.01. The first-order valence-corrected chi connectivity index (χ1v) is 10.5. The second kappa shape index (κ2) is 9.10. The number of carbonyl (C=O) groups is 2. The highest BCUT2D eigenvalue weighted by atomic mass is 79.9. The van der Waals surface area contributed by atoms with Crippen LogP contribution in [0.1, 0.15) is 6.92 Å². The lowest BCUT2D eigenvalue weighted by Gasteiger charge is -2.07. The van der Waals surface area contributed by atoms with E-state index in [0.717, 1.165) is 33.3 Å². The Morgan fingerprint density at radius 2 is 1.70 bits per heavy atom. The average Bonchev–Trinajstić information content (AvgIpc) is 3.04. The Hall–Kier alpha value is -2.25. The zero-order valence-electron chi connectivity index (χ0n) is 14.9. The molecule has 0 radical (unpaired) electrons. The van der Waals surface area contributed by atoms with Crippen molar-refractivity contribution >= 4 is 61.8 Å². The molecule has 3 aromatic rings. The van der Waals surface area contributed by atoms with Crippen LogP contribution in [0.15, 0.2) is 59.2 Å². The van der Waals surface area contributed by atoms with Crippen LogP contribution in [0.5, 0.6) is 0 Å². The molecule has 2 amide bonds. The van der Waals surface area contributed by atoms with E-state index < -0.39 is 0 Å². The predicted octanol–water partition coefficient (Wildman–Crippen LogP) is 4.73. The summed E-state index contributed by atoms with van der Waals surface area (Å²) in [7, 11) is 0. The largest absolute Gasteiger partial charge is 0.348 e. The Morgan fingerprint density at radius 3 is 2.37 bits per heavy atom. The van der Waals surface area contributed by atoms with E-state index in [1.54, 1.807) is 0 Å². The maximum atomic E-state index is 12.1. The molecule has 0 saturated carbocycles. The van der Waals surface area contributed by atoms with E-state index in [1.165, 1.54) is 11.8 Å². The zero-order valence-corrected chi connectivity index (χ0v) is 17.3. The number of rotatable bonds is 7. The lowest BCUT2D eigenvalue weighted by atomic mass is 10.2. The second-order valence-corrected chi connectivity index (χ2v) is 7.88. The topological polar surface area (TPSA) is 63.1 Å². The standard InChI is InChI=1S/C20H20BrN3O2S/c1-2-24-9-8-14-10-17(6-7-18(14)24)23-20(26)13-27-12-19(25)22-16-5-3-4-15(21)11-16/h3-11H,2,12-13H2,1H3,(H,22,25)(H,23,26). The van der Waals surface area contributed by atoms with Gasteiger partial charge in [0.05, 0.1) is 11.5 Å². The summed E-state index contributed by atoms with van der Waals surface area (Å²) < 4.78 is 3.05. The summed E-state index contributed by atoms with van der Waals surface area (Å²) in [6.07, 6.45) is 2.04. The van der Waals surface area contributed by atoms with Gasteiger partial charge in [-0.2, -0.15) is 0 Å². The van der Waals surface area contributed by atoms with Crippen LogP contribution in [0.2, 0.25) is 0 Å². The molecule has 0 saturated heterocycles. The molecule has 0 spiro atoms. The molecular weight excluding hydrogens is 426 g/mol. The van der Waals surface area contributed by atoms with Gasteiger partial charge in [0, 0.05) is 39.5 Å². The highest BCUT2D eigenvalue weighted by molar-refractivity contribution is 9.10. The molecule has 0 bridgehead atoms. The summed E-state index contributed by atoms with van der Waals surface area (Å²) in [4.78, 5) is 24.1. The summed E-state index contributed by atoms with van der Waals surface area (Å²) in [6, 6.07) is 15.3. The fourth-order valence-corrected chi connectivity index (χ4v) is 3.77. The third kappa shape index (κ3) is 5.37. The molecular formula is C20H20BrN3O2S. The molecule has 1 heterocycles. The van der Waals surface area contributed by atoms with E-state index >= 15 is 0 Å². The van der Waals surface area contributed by atoms with Gasteiger partial charge >= 0.3 is 0 Å².